The molecule has 1 aliphatic carbocycles. The van der Waals surface area contributed by atoms with Crippen LogP contribution in [0.4, 0.5) is 0 Å². The predicted molar refractivity (Wildman–Crippen MR) is 55.9 cm³/mol. The van der Waals surface area contributed by atoms with Crippen LogP contribution in [0.15, 0.2) is 0 Å². The van der Waals surface area contributed by atoms with Gasteiger partial charge in [0.15, 0.2) is 0 Å². The Labute approximate surface area is 81.7 Å². The molecule has 0 amide bonds. The number of piperidine rings is 1. The Morgan fingerprint density at radius 3 is 2.38 bits per heavy atom. The fourth-order valence-electron chi connectivity index (χ4n) is 2.47. The van der Waals surface area contributed by atoms with Gasteiger partial charge in [-0.1, -0.05) is 6.92 Å². The van der Waals surface area contributed by atoms with Crippen LogP contribution in [-0.4, -0.2) is 37.6 Å². The zero-order chi connectivity index (χ0) is 9.31. The van der Waals surface area contributed by atoms with E-state index in [-0.39, 0.29) is 0 Å². The van der Waals surface area contributed by atoms with Gasteiger partial charge in [0.05, 0.1) is 0 Å². The number of likely N-dealkylation sites (tertiary alicyclic amines) is 1. The summed E-state index contributed by atoms with van der Waals surface area (Å²) in [6.45, 7) is 6.28. The molecule has 0 aromatic rings. The van der Waals surface area contributed by atoms with Crippen LogP contribution in [0.5, 0.6) is 0 Å². The van der Waals surface area contributed by atoms with E-state index < -0.39 is 0 Å². The average Bonchev–Trinajstić information content (AvgIpc) is 2.89. The first kappa shape index (κ1) is 9.47. The van der Waals surface area contributed by atoms with Crippen LogP contribution in [0.3, 0.4) is 0 Å². The van der Waals surface area contributed by atoms with E-state index in [0.29, 0.717) is 5.41 Å². The second-order valence-corrected chi connectivity index (χ2v) is 5.11. The Kier molecular flexibility index (Phi) is 2.61. The number of nitrogens with zero attached hydrogens (tertiary/aromatic N) is 1. The molecule has 0 spiro atoms. The molecule has 76 valence electrons. The molecule has 2 heteroatoms. The van der Waals surface area contributed by atoms with Crippen molar-refractivity contribution in [1.82, 2.24) is 10.2 Å². The Morgan fingerprint density at radius 1 is 1.31 bits per heavy atom. The molecule has 0 unspecified atom stereocenters. The van der Waals surface area contributed by atoms with Gasteiger partial charge in [-0.2, -0.15) is 0 Å². The molecular weight excluding hydrogens is 160 g/mol. The summed E-state index contributed by atoms with van der Waals surface area (Å²) < 4.78 is 0. The highest BCUT2D eigenvalue weighted by Gasteiger charge is 2.35. The van der Waals surface area contributed by atoms with Crippen molar-refractivity contribution in [2.45, 2.75) is 38.6 Å². The van der Waals surface area contributed by atoms with Gasteiger partial charge in [0.1, 0.15) is 0 Å². The van der Waals surface area contributed by atoms with Crippen molar-refractivity contribution in [3.8, 4) is 0 Å². The minimum absolute atomic E-state index is 0.570. The highest BCUT2D eigenvalue weighted by atomic mass is 15.2. The maximum atomic E-state index is 3.32. The van der Waals surface area contributed by atoms with Crippen molar-refractivity contribution in [3.63, 3.8) is 0 Å². The lowest BCUT2D eigenvalue weighted by molar-refractivity contribution is 0.113. The van der Waals surface area contributed by atoms with Gasteiger partial charge in [-0.05, 0) is 51.2 Å². The Morgan fingerprint density at radius 2 is 1.92 bits per heavy atom. The third kappa shape index (κ3) is 2.23. The van der Waals surface area contributed by atoms with Gasteiger partial charge >= 0.3 is 0 Å². The lowest BCUT2D eigenvalue weighted by Gasteiger charge is -2.39. The maximum Gasteiger partial charge on any atom is 0.00964 e. The molecule has 0 aromatic heterocycles. The molecule has 2 nitrogen and oxygen atoms in total. The fourth-order valence-corrected chi connectivity index (χ4v) is 2.47. The number of nitrogens with one attached hydrogen (secondary N) is 1. The van der Waals surface area contributed by atoms with Gasteiger partial charge in [0, 0.05) is 12.6 Å². The van der Waals surface area contributed by atoms with Gasteiger partial charge < -0.3 is 10.2 Å². The SMILES string of the molecule is CNCC1(C)CCN(C2CC2)CC1. The van der Waals surface area contributed by atoms with Gasteiger partial charge in [-0.25, -0.2) is 0 Å². The van der Waals surface area contributed by atoms with Crippen LogP contribution in [0.2, 0.25) is 0 Å². The fraction of sp³-hybridized carbons (Fsp3) is 1.00. The normalized spacial score (nSPS) is 29.1. The largest absolute Gasteiger partial charge is 0.319 e. The number of hydrogen-bond donors (Lipinski definition) is 1. The molecule has 1 saturated carbocycles. The molecule has 2 rings (SSSR count). The van der Waals surface area contributed by atoms with E-state index in [4.69, 9.17) is 0 Å². The lowest BCUT2D eigenvalue weighted by atomic mass is 9.80. The lowest BCUT2D eigenvalue weighted by Crippen LogP contribution is -2.43. The van der Waals surface area contributed by atoms with Crippen molar-refractivity contribution >= 4 is 0 Å². The van der Waals surface area contributed by atoms with E-state index in [1.807, 2.05) is 0 Å². The first-order valence-corrected chi connectivity index (χ1v) is 5.62. The first-order chi connectivity index (χ1) is 6.23. The number of rotatable bonds is 3. The van der Waals surface area contributed by atoms with Gasteiger partial charge in [0.25, 0.3) is 0 Å². The van der Waals surface area contributed by atoms with E-state index in [9.17, 15) is 0 Å². The van der Waals surface area contributed by atoms with Crippen LogP contribution in [-0.2, 0) is 0 Å². The molecule has 1 heterocycles. The first-order valence-electron chi connectivity index (χ1n) is 5.62. The van der Waals surface area contributed by atoms with Gasteiger partial charge in [0.2, 0.25) is 0 Å². The average molecular weight is 182 g/mol. The van der Waals surface area contributed by atoms with Crippen LogP contribution >= 0.6 is 0 Å². The molecule has 1 N–H and O–H groups in total. The summed E-state index contributed by atoms with van der Waals surface area (Å²) in [5.41, 5.74) is 0.570. The quantitative estimate of drug-likeness (QED) is 0.711. The Bertz CT molecular complexity index is 167. The smallest absolute Gasteiger partial charge is 0.00964 e. The Hall–Kier alpha value is -0.0800. The molecule has 13 heavy (non-hydrogen) atoms. The minimum Gasteiger partial charge on any atom is -0.319 e. The number of hydrogen-bond acceptors (Lipinski definition) is 2. The summed E-state index contributed by atoms with van der Waals surface area (Å²) in [4.78, 5) is 2.69. The molecule has 0 bridgehead atoms. The summed E-state index contributed by atoms with van der Waals surface area (Å²) in [6.07, 6.45) is 5.68. The van der Waals surface area contributed by atoms with Crippen molar-refractivity contribution in [1.29, 1.82) is 0 Å². The molecule has 2 aliphatic rings. The van der Waals surface area contributed by atoms with Crippen LogP contribution in [0.25, 0.3) is 0 Å². The second-order valence-electron chi connectivity index (χ2n) is 5.11. The van der Waals surface area contributed by atoms with Crippen molar-refractivity contribution < 1.29 is 0 Å². The van der Waals surface area contributed by atoms with Crippen LogP contribution < -0.4 is 5.32 Å². The third-order valence-corrected chi connectivity index (χ3v) is 3.67. The van der Waals surface area contributed by atoms with Gasteiger partial charge in [-0.3, -0.25) is 0 Å². The minimum atomic E-state index is 0.570. The van der Waals surface area contributed by atoms with Crippen molar-refractivity contribution in [2.75, 3.05) is 26.7 Å². The maximum absolute atomic E-state index is 3.32. The molecule has 2 fully saturated rings. The topological polar surface area (TPSA) is 15.3 Å². The zero-order valence-corrected chi connectivity index (χ0v) is 8.97. The highest BCUT2D eigenvalue weighted by molar-refractivity contribution is 4.91. The summed E-state index contributed by atoms with van der Waals surface area (Å²) >= 11 is 0. The zero-order valence-electron chi connectivity index (χ0n) is 8.97. The van der Waals surface area contributed by atoms with E-state index in [0.717, 1.165) is 6.04 Å². The Balaban J connectivity index is 1.80. The molecule has 1 aliphatic heterocycles. The van der Waals surface area contributed by atoms with Crippen LogP contribution in [0, 0.1) is 5.41 Å². The summed E-state index contributed by atoms with van der Waals surface area (Å²) in [6, 6.07) is 0.971. The van der Waals surface area contributed by atoms with E-state index in [1.54, 1.807) is 0 Å². The van der Waals surface area contributed by atoms with Gasteiger partial charge in [-0.15, -0.1) is 0 Å². The molecule has 1 saturated heterocycles. The van der Waals surface area contributed by atoms with Crippen molar-refractivity contribution in [2.24, 2.45) is 5.41 Å². The van der Waals surface area contributed by atoms with Crippen LogP contribution in [0.1, 0.15) is 32.6 Å². The highest BCUT2D eigenvalue weighted by Crippen LogP contribution is 2.35. The predicted octanol–water partition coefficient (Wildman–Crippen LogP) is 1.47. The monoisotopic (exact) mass is 182 g/mol. The van der Waals surface area contributed by atoms with E-state index >= 15 is 0 Å². The second kappa shape index (κ2) is 3.58. The standard InChI is InChI=1S/C11H22N2/c1-11(9-12-2)5-7-13(8-6-11)10-3-4-10/h10,12H,3-9H2,1-2H3. The van der Waals surface area contributed by atoms with E-state index in [2.05, 4.69) is 24.2 Å². The molecule has 0 atom stereocenters. The molecule has 0 aromatic carbocycles. The van der Waals surface area contributed by atoms with Crippen molar-refractivity contribution in [3.05, 3.63) is 0 Å². The summed E-state index contributed by atoms with van der Waals surface area (Å²) in [5, 5.41) is 3.32. The summed E-state index contributed by atoms with van der Waals surface area (Å²) in [7, 11) is 2.07. The molecule has 0 radical (unpaired) electrons. The van der Waals surface area contributed by atoms with E-state index in [1.165, 1.54) is 45.3 Å². The third-order valence-electron chi connectivity index (χ3n) is 3.67. The molecular formula is C11H22N2. The summed E-state index contributed by atoms with van der Waals surface area (Å²) in [5.74, 6) is 0.